The van der Waals surface area contributed by atoms with Crippen molar-refractivity contribution in [2.24, 2.45) is 16.9 Å². The van der Waals surface area contributed by atoms with Crippen LogP contribution >= 0.6 is 0 Å². The number of hydrogen-bond donors (Lipinski definition) is 4. The third kappa shape index (κ3) is 9.44. The fourth-order valence-corrected chi connectivity index (χ4v) is 4.84. The highest BCUT2D eigenvalue weighted by Gasteiger charge is 2.47. The molecule has 9 nitrogen and oxygen atoms in total. The number of carbonyl (C=O) groups is 2. The molecule has 5 atom stereocenters. The van der Waals surface area contributed by atoms with Crippen LogP contribution in [0, 0.1) is 5.41 Å². The van der Waals surface area contributed by atoms with Crippen molar-refractivity contribution in [2.75, 3.05) is 0 Å². The van der Waals surface area contributed by atoms with Crippen molar-refractivity contribution in [3.63, 3.8) is 0 Å². The first kappa shape index (κ1) is 33.9. The lowest BCUT2D eigenvalue weighted by Crippen LogP contribution is -2.72. The minimum absolute atomic E-state index is 0.0267. The van der Waals surface area contributed by atoms with E-state index >= 15 is 0 Å². The molecule has 9 heteroatoms. The molecule has 0 spiro atoms. The Morgan fingerprint density at radius 1 is 0.837 bits per heavy atom. The Labute approximate surface area is 254 Å². The highest BCUT2D eigenvalue weighted by atomic mass is 16.6. The first-order chi connectivity index (χ1) is 20.3. The van der Waals surface area contributed by atoms with Crippen LogP contribution in [0.2, 0.25) is 0 Å². The number of esters is 1. The molecule has 0 aliphatic carbocycles. The quantitative estimate of drug-likeness (QED) is 0.132. The number of benzene rings is 3. The van der Waals surface area contributed by atoms with Crippen molar-refractivity contribution in [1.82, 2.24) is 4.90 Å². The van der Waals surface area contributed by atoms with E-state index in [0.29, 0.717) is 12.0 Å². The van der Waals surface area contributed by atoms with Gasteiger partial charge >= 0.3 is 12.1 Å². The number of hydrogen-bond acceptors (Lipinski definition) is 8. The zero-order chi connectivity index (χ0) is 31.6. The van der Waals surface area contributed by atoms with Gasteiger partial charge in [-0.25, -0.2) is 9.59 Å². The summed E-state index contributed by atoms with van der Waals surface area (Å²) in [6, 6.07) is 27.9. The maximum Gasteiger partial charge on any atom is 0.420 e. The third-order valence-corrected chi connectivity index (χ3v) is 7.41. The molecule has 0 fully saturated rings. The van der Waals surface area contributed by atoms with Crippen LogP contribution in [0.5, 0.6) is 0 Å². The van der Waals surface area contributed by atoms with Gasteiger partial charge in [0.2, 0.25) is 0 Å². The lowest BCUT2D eigenvalue weighted by Gasteiger charge is -2.46. The predicted molar refractivity (Wildman–Crippen MR) is 165 cm³/mol. The Kier molecular flexibility index (Phi) is 12.0. The number of amides is 1. The molecule has 43 heavy (non-hydrogen) atoms. The van der Waals surface area contributed by atoms with Gasteiger partial charge in [0, 0.05) is 6.42 Å². The molecule has 0 saturated heterocycles. The van der Waals surface area contributed by atoms with E-state index in [4.69, 9.17) is 20.9 Å². The van der Waals surface area contributed by atoms with E-state index in [1.165, 1.54) is 6.92 Å². The monoisotopic (exact) mass is 591 g/mol. The number of aryl methyl sites for hydroxylation is 1. The number of carbonyl (C=O) groups excluding carboxylic acids is 2. The van der Waals surface area contributed by atoms with Crippen LogP contribution in [0.3, 0.4) is 0 Å². The molecule has 0 heterocycles. The zero-order valence-corrected chi connectivity index (χ0v) is 25.4. The van der Waals surface area contributed by atoms with E-state index in [2.05, 4.69) is 0 Å². The molecule has 0 aromatic heterocycles. The molecule has 0 bridgehead atoms. The molecule has 0 aliphatic heterocycles. The normalized spacial score (nSPS) is 15.9. The Hall–Kier alpha value is -3.60. The third-order valence-electron chi connectivity index (χ3n) is 7.41. The topological polar surface area (TPSA) is 148 Å². The zero-order valence-electron chi connectivity index (χ0n) is 25.4. The number of nitrogens with zero attached hydrogens (tertiary/aromatic N) is 1. The molecule has 232 valence electrons. The van der Waals surface area contributed by atoms with Crippen LogP contribution in [0.15, 0.2) is 91.0 Å². The average molecular weight is 592 g/mol. The minimum atomic E-state index is -1.84. The van der Waals surface area contributed by atoms with Crippen molar-refractivity contribution in [1.29, 1.82) is 0 Å². The summed E-state index contributed by atoms with van der Waals surface area (Å²) in [5.41, 5.74) is 13.2. The maximum atomic E-state index is 13.9. The lowest BCUT2D eigenvalue weighted by molar-refractivity contribution is -0.163. The van der Waals surface area contributed by atoms with Gasteiger partial charge in [0.25, 0.3) is 0 Å². The summed E-state index contributed by atoms with van der Waals surface area (Å²) in [7, 11) is 0. The molecule has 3 rings (SSSR count). The van der Waals surface area contributed by atoms with E-state index < -0.39 is 47.6 Å². The van der Waals surface area contributed by atoms with E-state index in [0.717, 1.165) is 16.0 Å². The van der Waals surface area contributed by atoms with E-state index in [9.17, 15) is 19.8 Å². The number of aliphatic hydroxyl groups is 2. The van der Waals surface area contributed by atoms with Gasteiger partial charge in [-0.1, -0.05) is 112 Å². The first-order valence-electron chi connectivity index (χ1n) is 14.5. The van der Waals surface area contributed by atoms with Crippen molar-refractivity contribution < 1.29 is 29.3 Å². The summed E-state index contributed by atoms with van der Waals surface area (Å²) in [5, 5.41) is 22.1. The fraction of sp³-hybridized carbons (Fsp3) is 0.412. The van der Waals surface area contributed by atoms with Crippen molar-refractivity contribution in [3.05, 3.63) is 108 Å². The number of rotatable bonds is 13. The van der Waals surface area contributed by atoms with Crippen LogP contribution in [0.1, 0.15) is 50.8 Å². The molecule has 0 aliphatic rings. The SMILES string of the molecule is CC(O)C(N)(Cc1ccccc1)N(C(=O)OC(=O)C(OCc1ccccc1)C(C)(C)C)C(N)C(O)CCc1ccccc1. The second kappa shape index (κ2) is 15.2. The maximum absolute atomic E-state index is 13.9. The Morgan fingerprint density at radius 2 is 1.33 bits per heavy atom. The second-order valence-corrected chi connectivity index (χ2v) is 12.0. The molecule has 3 aromatic rings. The van der Waals surface area contributed by atoms with Crippen LogP contribution in [-0.2, 0) is 33.7 Å². The summed E-state index contributed by atoms with van der Waals surface area (Å²) in [6.45, 7) is 6.93. The molecule has 6 N–H and O–H groups in total. The fourth-order valence-electron chi connectivity index (χ4n) is 4.84. The molecular formula is C34H45N3O6. The van der Waals surface area contributed by atoms with Gasteiger partial charge in [-0.3, -0.25) is 4.90 Å². The van der Waals surface area contributed by atoms with E-state index in [1.54, 1.807) is 45.0 Å². The van der Waals surface area contributed by atoms with Gasteiger partial charge in [-0.2, -0.15) is 0 Å². The smallest absolute Gasteiger partial charge is 0.390 e. The Bertz CT molecular complexity index is 1280. The second-order valence-electron chi connectivity index (χ2n) is 12.0. The minimum Gasteiger partial charge on any atom is -0.390 e. The summed E-state index contributed by atoms with van der Waals surface area (Å²) < 4.78 is 11.4. The molecule has 0 saturated carbocycles. The van der Waals surface area contributed by atoms with Gasteiger partial charge in [0.1, 0.15) is 11.8 Å². The molecule has 3 aromatic carbocycles. The molecular weight excluding hydrogens is 546 g/mol. The first-order valence-corrected chi connectivity index (χ1v) is 14.5. The van der Waals surface area contributed by atoms with E-state index in [1.807, 2.05) is 66.7 Å². The summed E-state index contributed by atoms with van der Waals surface area (Å²) in [5.74, 6) is -0.933. The van der Waals surface area contributed by atoms with Gasteiger partial charge in [0.15, 0.2) is 6.10 Å². The van der Waals surface area contributed by atoms with Crippen molar-refractivity contribution >= 4 is 12.1 Å². The lowest BCUT2D eigenvalue weighted by atomic mass is 9.89. The number of aliphatic hydroxyl groups excluding tert-OH is 2. The van der Waals surface area contributed by atoms with Gasteiger partial charge < -0.3 is 31.2 Å². The predicted octanol–water partition coefficient (Wildman–Crippen LogP) is 4.14. The van der Waals surface area contributed by atoms with Crippen LogP contribution in [-0.4, -0.2) is 57.3 Å². The number of nitrogens with two attached hydrogens (primary N) is 2. The van der Waals surface area contributed by atoms with Crippen molar-refractivity contribution in [3.8, 4) is 0 Å². The summed E-state index contributed by atoms with van der Waals surface area (Å²) in [6.07, 6.45) is -5.66. The molecule has 0 radical (unpaired) electrons. The summed E-state index contributed by atoms with van der Waals surface area (Å²) in [4.78, 5) is 28.2. The highest BCUT2D eigenvalue weighted by molar-refractivity contribution is 5.88. The van der Waals surface area contributed by atoms with Crippen LogP contribution in [0.25, 0.3) is 0 Å². The standard InChI is InChI=1S/C34H45N3O6/c1-24(38)34(36,22-26-16-10-6-11-17-26)37(30(35)28(39)21-20-25-14-8-5-9-15-25)32(41)43-31(40)29(33(2,3)4)42-23-27-18-12-7-13-19-27/h5-19,24,28-30,38-39H,20-23,35-36H2,1-4H3. The van der Waals surface area contributed by atoms with Gasteiger partial charge in [0.05, 0.1) is 18.8 Å². The van der Waals surface area contributed by atoms with Crippen molar-refractivity contribution in [2.45, 2.75) is 83.7 Å². The summed E-state index contributed by atoms with van der Waals surface area (Å²) >= 11 is 0. The van der Waals surface area contributed by atoms with Crippen LogP contribution in [0.4, 0.5) is 4.79 Å². The number of ether oxygens (including phenoxy) is 2. The van der Waals surface area contributed by atoms with Gasteiger partial charge in [-0.05, 0) is 41.9 Å². The largest absolute Gasteiger partial charge is 0.420 e. The average Bonchev–Trinajstić information content (AvgIpc) is 2.96. The van der Waals surface area contributed by atoms with Gasteiger partial charge in [-0.15, -0.1) is 0 Å². The Balaban J connectivity index is 1.90. The highest BCUT2D eigenvalue weighted by Crippen LogP contribution is 2.28. The van der Waals surface area contributed by atoms with E-state index in [-0.39, 0.29) is 19.4 Å². The van der Waals surface area contributed by atoms with Crippen LogP contribution < -0.4 is 11.5 Å². The molecule has 5 unspecified atom stereocenters. The molecule has 1 amide bonds. The Morgan fingerprint density at radius 3 is 1.81 bits per heavy atom.